The van der Waals surface area contributed by atoms with Crippen LogP contribution in [0.15, 0.2) is 41.3 Å². The maximum atomic E-state index is 11.7. The predicted octanol–water partition coefficient (Wildman–Crippen LogP) is 1.18. The third-order valence-corrected chi connectivity index (χ3v) is 2.33. The van der Waals surface area contributed by atoms with Gasteiger partial charge >= 0.3 is 0 Å². The van der Waals surface area contributed by atoms with Crippen LogP contribution in [0, 0.1) is 6.92 Å². The molecular weight excluding hydrogens is 202 g/mol. The summed E-state index contributed by atoms with van der Waals surface area (Å²) < 4.78 is 1.55. The maximum Gasteiger partial charge on any atom is 0.274 e. The van der Waals surface area contributed by atoms with E-state index in [4.69, 9.17) is 5.73 Å². The summed E-state index contributed by atoms with van der Waals surface area (Å²) >= 11 is 0. The summed E-state index contributed by atoms with van der Waals surface area (Å²) in [5.41, 5.74) is 7.43. The van der Waals surface area contributed by atoms with Crippen LogP contribution in [0.3, 0.4) is 0 Å². The Labute approximate surface area is 93.4 Å². The summed E-state index contributed by atoms with van der Waals surface area (Å²) in [5, 5.41) is 0. The molecule has 2 rings (SSSR count). The second kappa shape index (κ2) is 4.18. The highest BCUT2D eigenvalue weighted by Gasteiger charge is 2.01. The lowest BCUT2D eigenvalue weighted by Gasteiger charge is -2.06. The standard InChI is InChI=1S/C12H13N3O/c1-9-4-2-5-10(14-9)8-15-7-3-6-11(13)12(15)16/h2-7H,8,13H2,1H3. The molecule has 0 unspecified atom stereocenters. The second-order valence-corrected chi connectivity index (χ2v) is 3.67. The van der Waals surface area contributed by atoms with Crippen LogP contribution in [0.1, 0.15) is 11.4 Å². The van der Waals surface area contributed by atoms with Crippen molar-refractivity contribution in [1.29, 1.82) is 0 Å². The van der Waals surface area contributed by atoms with Crippen LogP contribution in [-0.4, -0.2) is 9.55 Å². The SMILES string of the molecule is Cc1cccc(Cn2cccc(N)c2=O)n1. The molecule has 0 atom stereocenters. The molecule has 4 heteroatoms. The van der Waals surface area contributed by atoms with E-state index in [-0.39, 0.29) is 11.2 Å². The smallest absolute Gasteiger partial charge is 0.274 e. The Balaban J connectivity index is 2.34. The van der Waals surface area contributed by atoms with Gasteiger partial charge in [0.25, 0.3) is 5.56 Å². The Bertz CT molecular complexity index is 560. The Hall–Kier alpha value is -2.10. The lowest BCUT2D eigenvalue weighted by molar-refractivity contribution is 0.739. The Morgan fingerprint density at radius 1 is 1.31 bits per heavy atom. The van der Waals surface area contributed by atoms with Gasteiger partial charge in [0, 0.05) is 11.9 Å². The topological polar surface area (TPSA) is 60.9 Å². The minimum atomic E-state index is -0.175. The largest absolute Gasteiger partial charge is 0.394 e. The van der Waals surface area contributed by atoms with Gasteiger partial charge in [-0.3, -0.25) is 9.78 Å². The lowest BCUT2D eigenvalue weighted by Crippen LogP contribution is -2.22. The number of aryl methyl sites for hydroxylation is 1. The summed E-state index contributed by atoms with van der Waals surface area (Å²) in [7, 11) is 0. The van der Waals surface area contributed by atoms with E-state index in [0.29, 0.717) is 6.54 Å². The number of nitrogens with two attached hydrogens (primary N) is 1. The van der Waals surface area contributed by atoms with Gasteiger partial charge in [-0.05, 0) is 31.2 Å². The van der Waals surface area contributed by atoms with E-state index in [9.17, 15) is 4.79 Å². The van der Waals surface area contributed by atoms with Gasteiger partial charge in [0.1, 0.15) is 0 Å². The summed E-state index contributed by atoms with van der Waals surface area (Å²) in [6.07, 6.45) is 1.71. The molecule has 0 aliphatic rings. The first-order valence-corrected chi connectivity index (χ1v) is 5.04. The summed E-state index contributed by atoms with van der Waals surface area (Å²) in [6.45, 7) is 2.37. The first-order valence-electron chi connectivity index (χ1n) is 5.04. The molecule has 0 aliphatic heterocycles. The van der Waals surface area contributed by atoms with Crippen LogP contribution in [0.5, 0.6) is 0 Å². The van der Waals surface area contributed by atoms with Crippen molar-refractivity contribution in [3.8, 4) is 0 Å². The molecule has 0 fully saturated rings. The molecular formula is C12H13N3O. The molecule has 0 bridgehead atoms. The van der Waals surface area contributed by atoms with Gasteiger partial charge in [0.05, 0.1) is 17.9 Å². The van der Waals surface area contributed by atoms with E-state index in [1.807, 2.05) is 25.1 Å². The average Bonchev–Trinajstić information content (AvgIpc) is 2.25. The fourth-order valence-corrected chi connectivity index (χ4v) is 1.54. The number of nitrogens with zero attached hydrogens (tertiary/aromatic N) is 2. The fourth-order valence-electron chi connectivity index (χ4n) is 1.54. The molecule has 0 aliphatic carbocycles. The minimum absolute atomic E-state index is 0.175. The highest BCUT2D eigenvalue weighted by atomic mass is 16.1. The van der Waals surface area contributed by atoms with E-state index in [0.717, 1.165) is 11.4 Å². The van der Waals surface area contributed by atoms with Crippen molar-refractivity contribution in [2.75, 3.05) is 5.73 Å². The van der Waals surface area contributed by atoms with Crippen LogP contribution >= 0.6 is 0 Å². The van der Waals surface area contributed by atoms with Crippen molar-refractivity contribution < 1.29 is 0 Å². The number of nitrogen functional groups attached to an aromatic ring is 1. The Morgan fingerprint density at radius 2 is 2.12 bits per heavy atom. The molecule has 2 aromatic rings. The quantitative estimate of drug-likeness (QED) is 0.818. The highest BCUT2D eigenvalue weighted by Crippen LogP contribution is 2.01. The van der Waals surface area contributed by atoms with Crippen molar-refractivity contribution in [1.82, 2.24) is 9.55 Å². The molecule has 0 saturated heterocycles. The molecule has 0 saturated carbocycles. The second-order valence-electron chi connectivity index (χ2n) is 3.67. The molecule has 4 nitrogen and oxygen atoms in total. The molecule has 0 aromatic carbocycles. The van der Waals surface area contributed by atoms with Gasteiger partial charge < -0.3 is 10.3 Å². The predicted molar refractivity (Wildman–Crippen MR) is 63.2 cm³/mol. The van der Waals surface area contributed by atoms with E-state index in [2.05, 4.69) is 4.98 Å². The molecule has 2 aromatic heterocycles. The monoisotopic (exact) mass is 215 g/mol. The van der Waals surface area contributed by atoms with Crippen LogP contribution in [0.2, 0.25) is 0 Å². The van der Waals surface area contributed by atoms with Crippen molar-refractivity contribution in [3.05, 3.63) is 58.3 Å². The number of hydrogen-bond acceptors (Lipinski definition) is 3. The first-order chi connectivity index (χ1) is 7.66. The zero-order valence-electron chi connectivity index (χ0n) is 9.05. The van der Waals surface area contributed by atoms with E-state index < -0.39 is 0 Å². The van der Waals surface area contributed by atoms with Gasteiger partial charge in [-0.15, -0.1) is 0 Å². The number of anilines is 1. The van der Waals surface area contributed by atoms with Gasteiger partial charge in [-0.25, -0.2) is 0 Å². The Morgan fingerprint density at radius 3 is 2.88 bits per heavy atom. The van der Waals surface area contributed by atoms with E-state index in [1.165, 1.54) is 0 Å². The van der Waals surface area contributed by atoms with Crippen molar-refractivity contribution in [3.63, 3.8) is 0 Å². The van der Waals surface area contributed by atoms with E-state index >= 15 is 0 Å². The average molecular weight is 215 g/mol. The summed E-state index contributed by atoms with van der Waals surface area (Å²) in [4.78, 5) is 16.0. The highest BCUT2D eigenvalue weighted by molar-refractivity contribution is 5.33. The van der Waals surface area contributed by atoms with E-state index in [1.54, 1.807) is 22.9 Å². The number of aromatic nitrogens is 2. The van der Waals surface area contributed by atoms with Crippen LogP contribution in [-0.2, 0) is 6.54 Å². The maximum absolute atomic E-state index is 11.7. The van der Waals surface area contributed by atoms with Gasteiger partial charge in [0.15, 0.2) is 0 Å². The third-order valence-electron chi connectivity index (χ3n) is 2.33. The van der Waals surface area contributed by atoms with Crippen LogP contribution in [0.4, 0.5) is 5.69 Å². The van der Waals surface area contributed by atoms with Crippen molar-refractivity contribution in [2.45, 2.75) is 13.5 Å². The molecule has 0 amide bonds. The molecule has 82 valence electrons. The molecule has 0 spiro atoms. The van der Waals surface area contributed by atoms with Crippen LogP contribution in [0.25, 0.3) is 0 Å². The van der Waals surface area contributed by atoms with Gasteiger partial charge in [-0.2, -0.15) is 0 Å². The summed E-state index contributed by atoms with van der Waals surface area (Å²) in [5.74, 6) is 0. The van der Waals surface area contributed by atoms with Gasteiger partial charge in [-0.1, -0.05) is 6.07 Å². The number of pyridine rings is 2. The lowest BCUT2D eigenvalue weighted by atomic mass is 10.3. The van der Waals surface area contributed by atoms with Gasteiger partial charge in [0.2, 0.25) is 0 Å². The minimum Gasteiger partial charge on any atom is -0.394 e. The number of hydrogen-bond donors (Lipinski definition) is 1. The first kappa shape index (κ1) is 10.4. The normalized spacial score (nSPS) is 10.3. The molecule has 0 radical (unpaired) electrons. The zero-order chi connectivity index (χ0) is 11.5. The summed E-state index contributed by atoms with van der Waals surface area (Å²) in [6, 6.07) is 9.10. The zero-order valence-corrected chi connectivity index (χ0v) is 9.05. The third kappa shape index (κ3) is 2.11. The number of rotatable bonds is 2. The molecule has 16 heavy (non-hydrogen) atoms. The Kier molecular flexibility index (Phi) is 2.72. The van der Waals surface area contributed by atoms with Crippen molar-refractivity contribution >= 4 is 5.69 Å². The molecule has 2 N–H and O–H groups in total. The van der Waals surface area contributed by atoms with Crippen molar-refractivity contribution in [2.24, 2.45) is 0 Å². The fraction of sp³-hybridized carbons (Fsp3) is 0.167. The van der Waals surface area contributed by atoms with Crippen LogP contribution < -0.4 is 11.3 Å². The molecule has 2 heterocycles.